The molecule has 4 N–H and O–H groups in total. The molecule has 0 bridgehead atoms. The van der Waals surface area contributed by atoms with Gasteiger partial charge in [-0.2, -0.15) is 0 Å². The van der Waals surface area contributed by atoms with Gasteiger partial charge < -0.3 is 25.5 Å². The van der Waals surface area contributed by atoms with Crippen molar-refractivity contribution < 1.29 is 0 Å². The minimum atomic E-state index is 0.412. The molecule has 0 unspecified atom stereocenters. The van der Waals surface area contributed by atoms with E-state index in [1.807, 2.05) is 19.1 Å². The molecule has 2 aromatic carbocycles. The Morgan fingerprint density at radius 3 is 2.46 bits per heavy atom. The van der Waals surface area contributed by atoms with Crippen molar-refractivity contribution >= 4 is 51.1 Å². The number of imidazole rings is 1. The predicted octanol–water partition coefficient (Wildman–Crippen LogP) is 5.99. The molecule has 9 nitrogen and oxygen atoms in total. The van der Waals surface area contributed by atoms with Gasteiger partial charge in [-0.15, -0.1) is 0 Å². The molecule has 0 radical (unpaired) electrons. The number of halogens is 1. The summed E-state index contributed by atoms with van der Waals surface area (Å²) in [6, 6.07) is 13.3. The van der Waals surface area contributed by atoms with Crippen LogP contribution < -0.4 is 11.1 Å². The minimum Gasteiger partial charge on any atom is -0.383 e. The van der Waals surface area contributed by atoms with E-state index in [1.165, 1.54) is 39.0 Å². The van der Waals surface area contributed by atoms with Crippen LogP contribution in [0.5, 0.6) is 0 Å². The minimum absolute atomic E-state index is 0.412. The maximum Gasteiger partial charge on any atom is 0.205 e. The first-order valence-electron chi connectivity index (χ1n) is 14.5. The second-order valence-electron chi connectivity index (χ2n) is 11.6. The lowest BCUT2D eigenvalue weighted by Crippen LogP contribution is -2.49. The van der Waals surface area contributed by atoms with E-state index < -0.39 is 0 Å². The molecule has 2 aliphatic rings. The lowest BCUT2D eigenvalue weighted by atomic mass is 9.89. The SMILES string of the molecule is Cc1cc2nc(Nc3ccc(-c4cn(C5CCC(N6CCN(C)CC6)CC5)c5ncnc(N)c45)cc3)[nH]c2cc1Cl. The number of nitrogens with one attached hydrogen (secondary N) is 2. The highest BCUT2D eigenvalue weighted by Gasteiger charge is 2.30. The van der Waals surface area contributed by atoms with Crippen molar-refractivity contribution in [1.82, 2.24) is 34.3 Å². The van der Waals surface area contributed by atoms with Crippen LogP contribution in [0.3, 0.4) is 0 Å². The molecular weight excluding hydrogens is 534 g/mol. The molecule has 0 amide bonds. The van der Waals surface area contributed by atoms with E-state index in [0.717, 1.165) is 62.3 Å². The Morgan fingerprint density at radius 2 is 1.71 bits per heavy atom. The summed E-state index contributed by atoms with van der Waals surface area (Å²) >= 11 is 6.29. The number of nitrogens with zero attached hydrogens (tertiary/aromatic N) is 6. The number of likely N-dealkylation sites (N-methyl/N-ethyl adjacent to an activating group) is 1. The molecule has 41 heavy (non-hydrogen) atoms. The number of nitrogen functional groups attached to an aromatic ring is 1. The van der Waals surface area contributed by atoms with Crippen LogP contribution in [0.25, 0.3) is 33.2 Å². The number of fused-ring (bicyclic) bond motifs is 2. The summed E-state index contributed by atoms with van der Waals surface area (Å²) in [5.41, 5.74) is 13.3. The van der Waals surface area contributed by atoms with Gasteiger partial charge in [-0.1, -0.05) is 23.7 Å². The van der Waals surface area contributed by atoms with Gasteiger partial charge in [-0.25, -0.2) is 15.0 Å². The van der Waals surface area contributed by atoms with Gasteiger partial charge >= 0.3 is 0 Å². The Balaban J connectivity index is 1.12. The summed E-state index contributed by atoms with van der Waals surface area (Å²) in [5, 5.41) is 5.03. The molecule has 5 aromatic rings. The molecule has 3 aromatic heterocycles. The Hall–Kier alpha value is -3.66. The van der Waals surface area contributed by atoms with Crippen molar-refractivity contribution in [3.8, 4) is 11.1 Å². The van der Waals surface area contributed by atoms with Crippen LogP contribution in [0.4, 0.5) is 17.5 Å². The number of anilines is 3. The van der Waals surface area contributed by atoms with Gasteiger partial charge in [0.15, 0.2) is 0 Å². The second kappa shape index (κ2) is 10.6. The zero-order valence-corrected chi connectivity index (χ0v) is 24.3. The molecule has 0 spiro atoms. The maximum atomic E-state index is 6.45. The molecular formula is C31H36ClN9. The maximum absolute atomic E-state index is 6.45. The van der Waals surface area contributed by atoms with Crippen LogP contribution >= 0.6 is 11.6 Å². The van der Waals surface area contributed by atoms with E-state index in [2.05, 4.69) is 72.1 Å². The van der Waals surface area contributed by atoms with Crippen LogP contribution in [0, 0.1) is 6.92 Å². The quantitative estimate of drug-likeness (QED) is 0.239. The lowest BCUT2D eigenvalue weighted by Gasteiger charge is -2.41. The molecule has 4 heterocycles. The van der Waals surface area contributed by atoms with E-state index in [-0.39, 0.29) is 0 Å². The molecule has 10 heteroatoms. The number of benzene rings is 2. The van der Waals surface area contributed by atoms with E-state index in [0.29, 0.717) is 23.8 Å². The van der Waals surface area contributed by atoms with Gasteiger partial charge in [-0.05, 0) is 75.0 Å². The van der Waals surface area contributed by atoms with E-state index in [9.17, 15) is 0 Å². The molecule has 1 saturated carbocycles. The first kappa shape index (κ1) is 26.3. The van der Waals surface area contributed by atoms with Crippen molar-refractivity contribution in [3.63, 3.8) is 0 Å². The molecule has 212 valence electrons. The highest BCUT2D eigenvalue weighted by atomic mass is 35.5. The number of rotatable bonds is 5. The normalized spacial score (nSPS) is 20.7. The highest BCUT2D eigenvalue weighted by Crippen LogP contribution is 2.39. The van der Waals surface area contributed by atoms with Gasteiger partial charge in [0.25, 0.3) is 0 Å². The van der Waals surface area contributed by atoms with Gasteiger partial charge in [0.2, 0.25) is 5.95 Å². The van der Waals surface area contributed by atoms with E-state index in [4.69, 9.17) is 22.3 Å². The number of piperazine rings is 1. The average molecular weight is 570 g/mol. The van der Waals surface area contributed by atoms with Crippen LogP contribution in [0.2, 0.25) is 5.02 Å². The fourth-order valence-electron chi connectivity index (χ4n) is 6.56. The summed E-state index contributed by atoms with van der Waals surface area (Å²) in [5.74, 6) is 1.20. The predicted molar refractivity (Wildman–Crippen MR) is 167 cm³/mol. The van der Waals surface area contributed by atoms with Crippen LogP contribution in [0.1, 0.15) is 37.3 Å². The summed E-state index contributed by atoms with van der Waals surface area (Å²) in [6.07, 6.45) is 8.56. The van der Waals surface area contributed by atoms with Gasteiger partial charge in [-0.3, -0.25) is 4.90 Å². The van der Waals surface area contributed by atoms with Crippen molar-refractivity contribution in [1.29, 1.82) is 0 Å². The summed E-state index contributed by atoms with van der Waals surface area (Å²) < 4.78 is 2.36. The van der Waals surface area contributed by atoms with Crippen LogP contribution in [-0.4, -0.2) is 73.6 Å². The smallest absolute Gasteiger partial charge is 0.205 e. The molecule has 1 saturated heterocycles. The topological polar surface area (TPSA) is 104 Å². The first-order valence-corrected chi connectivity index (χ1v) is 14.9. The fraction of sp³-hybridized carbons (Fsp3) is 0.387. The standard InChI is InChI=1S/C31H36ClN9/c1-19-15-26-27(16-25(19)32)38-31(37-26)36-21-5-3-20(4-6-21)24-17-41(30-28(24)29(33)34-18-35-30)23-9-7-22(8-10-23)40-13-11-39(2)12-14-40/h3-6,15-18,22-23H,7-14H2,1-2H3,(H2,33,34,35)(H2,36,37,38). The molecule has 2 fully saturated rings. The second-order valence-corrected chi connectivity index (χ2v) is 12.0. The number of nitrogens with two attached hydrogens (primary N) is 1. The van der Waals surface area contributed by atoms with Crippen LogP contribution in [-0.2, 0) is 0 Å². The fourth-order valence-corrected chi connectivity index (χ4v) is 6.72. The molecule has 1 aliphatic heterocycles. The largest absolute Gasteiger partial charge is 0.383 e. The Kier molecular flexibility index (Phi) is 6.81. The Bertz CT molecular complexity index is 1650. The van der Waals surface area contributed by atoms with E-state index >= 15 is 0 Å². The third-order valence-corrected chi connectivity index (χ3v) is 9.38. The summed E-state index contributed by atoms with van der Waals surface area (Å²) in [4.78, 5) is 22.2. The molecule has 1 aliphatic carbocycles. The van der Waals surface area contributed by atoms with Gasteiger partial charge in [0, 0.05) is 60.7 Å². The Labute approximate surface area is 244 Å². The van der Waals surface area contributed by atoms with Crippen molar-refractivity contribution in [3.05, 3.63) is 59.5 Å². The number of aryl methyl sites for hydroxylation is 1. The van der Waals surface area contributed by atoms with Gasteiger partial charge in [0.1, 0.15) is 17.8 Å². The highest BCUT2D eigenvalue weighted by molar-refractivity contribution is 6.32. The number of hydrogen-bond acceptors (Lipinski definition) is 7. The van der Waals surface area contributed by atoms with E-state index in [1.54, 1.807) is 6.33 Å². The van der Waals surface area contributed by atoms with Crippen molar-refractivity contribution in [2.24, 2.45) is 0 Å². The van der Waals surface area contributed by atoms with Crippen molar-refractivity contribution in [2.45, 2.75) is 44.7 Å². The lowest BCUT2D eigenvalue weighted by molar-refractivity contribution is 0.0828. The van der Waals surface area contributed by atoms with Crippen LogP contribution in [0.15, 0.2) is 48.9 Å². The summed E-state index contributed by atoms with van der Waals surface area (Å²) in [6.45, 7) is 6.69. The third kappa shape index (κ3) is 5.03. The monoisotopic (exact) mass is 569 g/mol. The molecule has 0 atom stereocenters. The number of aromatic nitrogens is 5. The number of aromatic amines is 1. The number of hydrogen-bond donors (Lipinski definition) is 3. The van der Waals surface area contributed by atoms with Crippen molar-refractivity contribution in [2.75, 3.05) is 44.3 Å². The zero-order chi connectivity index (χ0) is 28.1. The number of H-pyrrole nitrogens is 1. The van der Waals surface area contributed by atoms with Gasteiger partial charge in [0.05, 0.1) is 16.4 Å². The Morgan fingerprint density at radius 1 is 0.976 bits per heavy atom. The zero-order valence-electron chi connectivity index (χ0n) is 23.6. The third-order valence-electron chi connectivity index (χ3n) is 8.97. The average Bonchev–Trinajstić information content (AvgIpc) is 3.56. The summed E-state index contributed by atoms with van der Waals surface area (Å²) in [7, 11) is 2.22. The molecule has 7 rings (SSSR count). The first-order chi connectivity index (χ1) is 19.9.